The van der Waals surface area contributed by atoms with Crippen LogP contribution in [0, 0.1) is 11.3 Å². The van der Waals surface area contributed by atoms with Gasteiger partial charge in [-0.2, -0.15) is 0 Å². The molecule has 2 aliphatic carbocycles. The van der Waals surface area contributed by atoms with Crippen molar-refractivity contribution in [1.82, 2.24) is 15.5 Å². The molecule has 126 valence electrons. The maximum atomic E-state index is 6.04. The first kappa shape index (κ1) is 14.6. The molecule has 1 N–H and O–H groups in total. The van der Waals surface area contributed by atoms with E-state index >= 15 is 0 Å². The summed E-state index contributed by atoms with van der Waals surface area (Å²) in [6, 6.07) is 10.5. The van der Waals surface area contributed by atoms with Crippen molar-refractivity contribution in [2.45, 2.75) is 50.8 Å². The third kappa shape index (κ3) is 2.15. The summed E-state index contributed by atoms with van der Waals surface area (Å²) in [5.74, 6) is 1.93. The zero-order valence-electron chi connectivity index (χ0n) is 13.8. The Labute approximate surface area is 141 Å². The lowest BCUT2D eigenvalue weighted by molar-refractivity contribution is -0.131. The number of hydrogen-bond donors (Lipinski definition) is 1. The Morgan fingerprint density at radius 2 is 1.96 bits per heavy atom. The van der Waals surface area contributed by atoms with Crippen LogP contribution in [-0.2, 0) is 11.3 Å². The van der Waals surface area contributed by atoms with Crippen molar-refractivity contribution in [2.75, 3.05) is 6.61 Å². The molecule has 1 spiro atoms. The molecular formula is C19H23N3O2. The van der Waals surface area contributed by atoms with E-state index in [1.165, 1.54) is 32.1 Å². The van der Waals surface area contributed by atoms with Gasteiger partial charge in [0.25, 0.3) is 0 Å². The van der Waals surface area contributed by atoms with E-state index in [0.29, 0.717) is 41.8 Å². The second-order valence-electron chi connectivity index (χ2n) is 7.41. The number of nitrogens with one attached hydrogen (secondary N) is 1. The molecule has 1 saturated heterocycles. The van der Waals surface area contributed by atoms with Crippen LogP contribution in [0.4, 0.5) is 0 Å². The van der Waals surface area contributed by atoms with Crippen LogP contribution >= 0.6 is 0 Å². The van der Waals surface area contributed by atoms with Crippen molar-refractivity contribution in [1.29, 1.82) is 0 Å². The fourth-order valence-corrected chi connectivity index (χ4v) is 5.23. The van der Waals surface area contributed by atoms with Crippen LogP contribution in [0.3, 0.4) is 0 Å². The van der Waals surface area contributed by atoms with Gasteiger partial charge in [-0.1, -0.05) is 31.0 Å². The summed E-state index contributed by atoms with van der Waals surface area (Å²) in [5, 5.41) is 12.1. The highest BCUT2D eigenvalue weighted by Crippen LogP contribution is 2.60. The molecule has 1 aliphatic heterocycles. The lowest BCUT2D eigenvalue weighted by Gasteiger charge is -2.57. The Morgan fingerprint density at radius 3 is 2.79 bits per heavy atom. The van der Waals surface area contributed by atoms with Gasteiger partial charge in [0, 0.05) is 29.5 Å². The van der Waals surface area contributed by atoms with Gasteiger partial charge in [-0.05, 0) is 31.4 Å². The number of nitrogens with zero attached hydrogens (tertiary/aromatic N) is 2. The van der Waals surface area contributed by atoms with E-state index in [0.717, 1.165) is 12.2 Å². The molecule has 3 fully saturated rings. The molecule has 24 heavy (non-hydrogen) atoms. The maximum Gasteiger partial charge on any atom is 0.247 e. The van der Waals surface area contributed by atoms with Gasteiger partial charge in [-0.15, -0.1) is 10.2 Å². The molecule has 5 nitrogen and oxygen atoms in total. The summed E-state index contributed by atoms with van der Waals surface area (Å²) >= 11 is 0. The first-order valence-electron chi connectivity index (χ1n) is 9.10. The average Bonchev–Trinajstić information content (AvgIpc) is 3.36. The van der Waals surface area contributed by atoms with Gasteiger partial charge in [0.2, 0.25) is 11.8 Å². The van der Waals surface area contributed by atoms with Crippen LogP contribution in [0.15, 0.2) is 34.7 Å². The molecule has 2 saturated carbocycles. The van der Waals surface area contributed by atoms with Gasteiger partial charge >= 0.3 is 0 Å². The van der Waals surface area contributed by atoms with Gasteiger partial charge < -0.3 is 14.5 Å². The van der Waals surface area contributed by atoms with E-state index < -0.39 is 0 Å². The topological polar surface area (TPSA) is 60.2 Å². The predicted molar refractivity (Wildman–Crippen MR) is 89.1 cm³/mol. The largest absolute Gasteiger partial charge is 0.419 e. The van der Waals surface area contributed by atoms with Crippen molar-refractivity contribution in [2.24, 2.45) is 11.3 Å². The SMILES string of the molecule is c1ccc(-c2nnc(CNC3C4CCOC4C34CCCC4)o2)cc1. The Morgan fingerprint density at radius 1 is 1.12 bits per heavy atom. The van der Waals surface area contributed by atoms with E-state index in [4.69, 9.17) is 9.15 Å². The number of ether oxygens (including phenoxy) is 1. The van der Waals surface area contributed by atoms with E-state index in [1.54, 1.807) is 0 Å². The molecular weight excluding hydrogens is 302 g/mol. The minimum absolute atomic E-state index is 0.365. The summed E-state index contributed by atoms with van der Waals surface area (Å²) in [6.07, 6.45) is 6.94. The van der Waals surface area contributed by atoms with Crippen molar-refractivity contribution in [3.05, 3.63) is 36.2 Å². The van der Waals surface area contributed by atoms with Crippen LogP contribution in [0.1, 0.15) is 38.0 Å². The fourth-order valence-electron chi connectivity index (χ4n) is 5.23. The number of fused-ring (bicyclic) bond motifs is 2. The van der Waals surface area contributed by atoms with E-state index in [2.05, 4.69) is 15.5 Å². The lowest BCUT2D eigenvalue weighted by Crippen LogP contribution is -2.67. The highest BCUT2D eigenvalue weighted by molar-refractivity contribution is 5.51. The van der Waals surface area contributed by atoms with E-state index in [9.17, 15) is 0 Å². The number of benzene rings is 1. The minimum Gasteiger partial charge on any atom is -0.419 e. The molecule has 2 aromatic rings. The summed E-state index contributed by atoms with van der Waals surface area (Å²) in [5.41, 5.74) is 1.33. The fraction of sp³-hybridized carbons (Fsp3) is 0.579. The van der Waals surface area contributed by atoms with Crippen molar-refractivity contribution in [3.8, 4) is 11.5 Å². The summed E-state index contributed by atoms with van der Waals surface area (Å²) < 4.78 is 11.9. The highest BCUT2D eigenvalue weighted by Gasteiger charge is 2.64. The zero-order chi connectivity index (χ0) is 16.0. The Bertz CT molecular complexity index is 708. The molecule has 1 aromatic carbocycles. The minimum atomic E-state index is 0.365. The Hall–Kier alpha value is -1.72. The quantitative estimate of drug-likeness (QED) is 0.935. The standard InChI is InChI=1S/C19H23N3O2/c1-2-6-13(7-3-1)18-22-21-15(24-18)12-20-16-14-8-11-23-17(14)19(16)9-4-5-10-19/h1-3,6-7,14,16-17,20H,4-5,8-12H2. The first-order chi connectivity index (χ1) is 11.9. The van der Waals surface area contributed by atoms with Gasteiger partial charge in [-0.25, -0.2) is 0 Å². The van der Waals surface area contributed by atoms with Crippen molar-refractivity contribution in [3.63, 3.8) is 0 Å². The van der Waals surface area contributed by atoms with Gasteiger partial charge in [0.15, 0.2) is 0 Å². The number of hydrogen-bond acceptors (Lipinski definition) is 5. The Kier molecular flexibility index (Phi) is 3.45. The summed E-state index contributed by atoms with van der Waals surface area (Å²) in [4.78, 5) is 0. The Balaban J connectivity index is 1.29. The molecule has 2 heterocycles. The number of aromatic nitrogens is 2. The maximum absolute atomic E-state index is 6.04. The van der Waals surface area contributed by atoms with Gasteiger partial charge in [0.1, 0.15) is 0 Å². The van der Waals surface area contributed by atoms with Crippen molar-refractivity contribution < 1.29 is 9.15 Å². The van der Waals surface area contributed by atoms with Crippen LogP contribution < -0.4 is 5.32 Å². The van der Waals surface area contributed by atoms with Gasteiger partial charge in [-0.3, -0.25) is 0 Å². The third-order valence-electron chi connectivity index (χ3n) is 6.25. The van der Waals surface area contributed by atoms with Crippen LogP contribution in [0.5, 0.6) is 0 Å². The molecule has 5 heteroatoms. The van der Waals surface area contributed by atoms with Crippen molar-refractivity contribution >= 4 is 0 Å². The first-order valence-corrected chi connectivity index (χ1v) is 9.10. The van der Waals surface area contributed by atoms with Crippen LogP contribution in [0.25, 0.3) is 11.5 Å². The number of rotatable bonds is 4. The molecule has 3 unspecified atom stereocenters. The highest BCUT2D eigenvalue weighted by atomic mass is 16.5. The average molecular weight is 325 g/mol. The van der Waals surface area contributed by atoms with E-state index in [-0.39, 0.29) is 0 Å². The molecule has 0 bridgehead atoms. The molecule has 3 aliphatic rings. The summed E-state index contributed by atoms with van der Waals surface area (Å²) in [6.45, 7) is 1.57. The third-order valence-corrected chi connectivity index (χ3v) is 6.25. The lowest BCUT2D eigenvalue weighted by atomic mass is 9.54. The van der Waals surface area contributed by atoms with Crippen LogP contribution in [0.2, 0.25) is 0 Å². The molecule has 0 amide bonds. The second-order valence-corrected chi connectivity index (χ2v) is 7.41. The predicted octanol–water partition coefficient (Wildman–Crippen LogP) is 3.17. The van der Waals surface area contributed by atoms with E-state index in [1.807, 2.05) is 30.3 Å². The molecule has 3 atom stereocenters. The molecule has 1 aromatic heterocycles. The molecule has 5 rings (SSSR count). The summed E-state index contributed by atoms with van der Waals surface area (Å²) in [7, 11) is 0. The molecule has 0 radical (unpaired) electrons. The second kappa shape index (κ2) is 5.67. The smallest absolute Gasteiger partial charge is 0.247 e. The zero-order valence-corrected chi connectivity index (χ0v) is 13.8. The normalized spacial score (nSPS) is 30.4. The van der Waals surface area contributed by atoms with Gasteiger partial charge in [0.05, 0.1) is 12.6 Å². The van der Waals surface area contributed by atoms with Crippen LogP contribution in [-0.4, -0.2) is 29.0 Å². The monoisotopic (exact) mass is 325 g/mol.